The van der Waals surface area contributed by atoms with E-state index in [0.717, 1.165) is 99.4 Å². The number of amidine groups is 2. The normalized spacial score (nSPS) is 14.5. The molecule has 0 spiro atoms. The minimum Gasteiger partial charge on any atom is -0.456 e. The number of para-hydroxylation sites is 3. The van der Waals surface area contributed by atoms with Gasteiger partial charge in [-0.1, -0.05) is 170 Å². The lowest BCUT2D eigenvalue weighted by Gasteiger charge is -2.32. The largest absolute Gasteiger partial charge is 0.456 e. The molecule has 0 amide bonds. The highest BCUT2D eigenvalue weighted by Gasteiger charge is 2.30. The molecule has 0 saturated heterocycles. The molecule has 59 heavy (non-hydrogen) atoms. The van der Waals surface area contributed by atoms with Crippen LogP contribution in [0.1, 0.15) is 22.9 Å². The van der Waals surface area contributed by atoms with Crippen molar-refractivity contribution in [3.8, 4) is 22.3 Å². The Morgan fingerprint density at radius 2 is 1.00 bits per heavy atom. The van der Waals surface area contributed by atoms with E-state index in [1.54, 1.807) is 0 Å². The Kier molecular flexibility index (Phi) is 7.44. The van der Waals surface area contributed by atoms with Gasteiger partial charge in [-0.05, 0) is 56.4 Å². The zero-order chi connectivity index (χ0) is 39.0. The van der Waals surface area contributed by atoms with Crippen LogP contribution in [0.25, 0.3) is 87.7 Å². The predicted molar refractivity (Wildman–Crippen MR) is 243 cm³/mol. The Morgan fingerprint density at radius 3 is 1.88 bits per heavy atom. The van der Waals surface area contributed by atoms with Crippen LogP contribution in [0, 0.1) is 0 Å². The monoisotopic (exact) mass is 757 g/mol. The van der Waals surface area contributed by atoms with Gasteiger partial charge in [0.15, 0.2) is 12.0 Å². The summed E-state index contributed by atoms with van der Waals surface area (Å²) in [5.74, 6) is 1.52. The molecule has 5 heteroatoms. The molecule has 1 aliphatic rings. The van der Waals surface area contributed by atoms with Crippen molar-refractivity contribution in [1.29, 1.82) is 0 Å². The fourth-order valence-electron chi connectivity index (χ4n) is 9.24. The fraction of sp³-hybridized carbons (Fsp3) is 0.0370. The quantitative estimate of drug-likeness (QED) is 0.176. The molecule has 0 N–H and O–H groups in total. The summed E-state index contributed by atoms with van der Waals surface area (Å²) in [6.45, 7) is 0. The zero-order valence-electron chi connectivity index (χ0n) is 32.1. The van der Waals surface area contributed by atoms with Crippen molar-refractivity contribution in [2.24, 2.45) is 9.98 Å². The van der Waals surface area contributed by atoms with Crippen LogP contribution >= 0.6 is 0 Å². The number of hydrogen-bond donors (Lipinski definition) is 0. The third-order valence-corrected chi connectivity index (χ3v) is 12.0. The number of rotatable bonds is 5. The third kappa shape index (κ3) is 5.18. The molecule has 1 atom stereocenters. The molecule has 3 heterocycles. The first-order valence-corrected chi connectivity index (χ1v) is 20.0. The molecule has 0 radical (unpaired) electrons. The first-order valence-electron chi connectivity index (χ1n) is 20.0. The van der Waals surface area contributed by atoms with Crippen molar-refractivity contribution in [2.75, 3.05) is 7.05 Å². The summed E-state index contributed by atoms with van der Waals surface area (Å²) in [4.78, 5) is 13.0. The van der Waals surface area contributed by atoms with Gasteiger partial charge in [-0.3, -0.25) is 0 Å². The van der Waals surface area contributed by atoms with E-state index in [1.165, 1.54) is 10.8 Å². The SMILES string of the molecule is CN1C(c2ccccc2)=NC(c2ccc(-c3cccc4oc5c(-c6cccc7ccccc67)cccc5c34)c3ccccc23)=NC1c1cccc2c1oc1ccccc12. The lowest BCUT2D eigenvalue weighted by molar-refractivity contribution is 0.382. The van der Waals surface area contributed by atoms with Gasteiger partial charge in [0.1, 0.15) is 28.2 Å². The Balaban J connectivity index is 1.05. The van der Waals surface area contributed by atoms with Crippen molar-refractivity contribution in [2.45, 2.75) is 6.17 Å². The molecule has 9 aromatic carbocycles. The van der Waals surface area contributed by atoms with E-state index >= 15 is 0 Å². The third-order valence-electron chi connectivity index (χ3n) is 12.0. The van der Waals surface area contributed by atoms with Crippen LogP contribution in [-0.2, 0) is 0 Å². The van der Waals surface area contributed by atoms with Crippen molar-refractivity contribution >= 4 is 77.1 Å². The minimum absolute atomic E-state index is 0.387. The molecule has 278 valence electrons. The van der Waals surface area contributed by atoms with Gasteiger partial charge in [0, 0.05) is 50.8 Å². The second-order valence-electron chi connectivity index (χ2n) is 15.3. The smallest absolute Gasteiger partial charge is 0.160 e. The molecule has 11 aromatic rings. The molecule has 0 bridgehead atoms. The van der Waals surface area contributed by atoms with Crippen LogP contribution in [0.3, 0.4) is 0 Å². The van der Waals surface area contributed by atoms with Gasteiger partial charge in [-0.2, -0.15) is 0 Å². The summed E-state index contributed by atoms with van der Waals surface area (Å²) < 4.78 is 13.4. The highest BCUT2D eigenvalue weighted by atomic mass is 16.3. The first kappa shape index (κ1) is 33.4. The summed E-state index contributed by atoms with van der Waals surface area (Å²) in [5.41, 5.74) is 10.9. The van der Waals surface area contributed by atoms with Gasteiger partial charge in [0.05, 0.1) is 0 Å². The van der Waals surface area contributed by atoms with Crippen molar-refractivity contribution < 1.29 is 8.83 Å². The van der Waals surface area contributed by atoms with E-state index in [4.69, 9.17) is 18.8 Å². The number of hydrogen-bond acceptors (Lipinski definition) is 5. The molecule has 0 aliphatic carbocycles. The average Bonchev–Trinajstić information content (AvgIpc) is 3.88. The van der Waals surface area contributed by atoms with Crippen LogP contribution in [0.2, 0.25) is 0 Å². The van der Waals surface area contributed by atoms with Gasteiger partial charge in [0.2, 0.25) is 0 Å². The van der Waals surface area contributed by atoms with Gasteiger partial charge in [0.25, 0.3) is 0 Å². The minimum atomic E-state index is -0.387. The van der Waals surface area contributed by atoms with E-state index in [0.29, 0.717) is 5.84 Å². The fourth-order valence-corrected chi connectivity index (χ4v) is 9.24. The molecular formula is C54H35N3O2. The number of benzene rings is 9. The molecule has 12 rings (SSSR count). The molecule has 0 fully saturated rings. The maximum atomic E-state index is 6.80. The maximum absolute atomic E-state index is 6.80. The summed E-state index contributed by atoms with van der Waals surface area (Å²) in [7, 11) is 2.07. The molecule has 5 nitrogen and oxygen atoms in total. The second kappa shape index (κ2) is 13.2. The highest BCUT2D eigenvalue weighted by molar-refractivity contribution is 6.22. The van der Waals surface area contributed by atoms with E-state index in [2.05, 4.69) is 182 Å². The predicted octanol–water partition coefficient (Wildman–Crippen LogP) is 14.0. The standard InChI is InChI=1S/C54H35N3O2/c1-57-53(34-16-3-2-4-17-34)55-52(56-54(57)46-28-13-26-43-40-22-9-10-29-47(40)58-51(43)46)44-32-31-39(37-20-7-8-21-38(37)44)41-24-14-30-48-49(41)45-27-12-25-42(50(45)59-48)36-23-11-18-33-15-5-6-19-35(33)36/h2-32,54H,1H3. The van der Waals surface area contributed by atoms with Crippen molar-refractivity contribution in [3.63, 3.8) is 0 Å². The Morgan fingerprint density at radius 1 is 0.424 bits per heavy atom. The molecule has 0 saturated carbocycles. The number of furan rings is 2. The van der Waals surface area contributed by atoms with Crippen LogP contribution in [0.15, 0.2) is 207 Å². The maximum Gasteiger partial charge on any atom is 0.160 e. The number of aliphatic imine (C=N–C) groups is 2. The van der Waals surface area contributed by atoms with E-state index in [9.17, 15) is 0 Å². The van der Waals surface area contributed by atoms with Gasteiger partial charge in [-0.15, -0.1) is 0 Å². The second-order valence-corrected chi connectivity index (χ2v) is 15.3. The molecule has 1 unspecified atom stereocenters. The Hall–Kier alpha value is -7.76. The van der Waals surface area contributed by atoms with E-state index < -0.39 is 0 Å². The van der Waals surface area contributed by atoms with Crippen LogP contribution in [-0.4, -0.2) is 23.6 Å². The van der Waals surface area contributed by atoms with Crippen LogP contribution in [0.4, 0.5) is 0 Å². The van der Waals surface area contributed by atoms with Crippen molar-refractivity contribution in [3.05, 3.63) is 205 Å². The lowest BCUT2D eigenvalue weighted by atomic mass is 9.91. The molecule has 2 aromatic heterocycles. The van der Waals surface area contributed by atoms with Crippen LogP contribution < -0.4 is 0 Å². The number of nitrogens with zero attached hydrogens (tertiary/aromatic N) is 3. The van der Waals surface area contributed by atoms with Crippen LogP contribution in [0.5, 0.6) is 0 Å². The molecule has 1 aliphatic heterocycles. The molecular weight excluding hydrogens is 723 g/mol. The van der Waals surface area contributed by atoms with E-state index in [-0.39, 0.29) is 6.17 Å². The van der Waals surface area contributed by atoms with Gasteiger partial charge >= 0.3 is 0 Å². The summed E-state index contributed by atoms with van der Waals surface area (Å²) in [6.07, 6.45) is -0.387. The Bertz CT molecular complexity index is 3530. The number of fused-ring (bicyclic) bond motifs is 8. The van der Waals surface area contributed by atoms with Gasteiger partial charge < -0.3 is 13.7 Å². The first-order chi connectivity index (χ1) is 29.2. The van der Waals surface area contributed by atoms with E-state index in [1.807, 2.05) is 18.2 Å². The summed E-state index contributed by atoms with van der Waals surface area (Å²) in [5, 5.41) is 8.96. The summed E-state index contributed by atoms with van der Waals surface area (Å²) in [6, 6.07) is 65.9. The Labute approximate surface area is 339 Å². The van der Waals surface area contributed by atoms with Gasteiger partial charge in [-0.25, -0.2) is 9.98 Å². The zero-order valence-corrected chi connectivity index (χ0v) is 32.1. The highest BCUT2D eigenvalue weighted by Crippen LogP contribution is 2.44. The average molecular weight is 758 g/mol. The summed E-state index contributed by atoms with van der Waals surface area (Å²) >= 11 is 0. The van der Waals surface area contributed by atoms with Crippen molar-refractivity contribution in [1.82, 2.24) is 4.90 Å². The lowest BCUT2D eigenvalue weighted by Crippen LogP contribution is -2.35. The topological polar surface area (TPSA) is 54.2 Å².